The predicted octanol–water partition coefficient (Wildman–Crippen LogP) is 2.39. The van der Waals surface area contributed by atoms with Crippen molar-refractivity contribution in [2.24, 2.45) is 5.92 Å². The highest BCUT2D eigenvalue weighted by atomic mass is 16.1. The maximum Gasteiger partial charge on any atom is 0.223 e. The van der Waals surface area contributed by atoms with Crippen molar-refractivity contribution in [3.8, 4) is 11.3 Å². The monoisotopic (exact) mass is 338 g/mol. The van der Waals surface area contributed by atoms with Crippen molar-refractivity contribution in [2.45, 2.75) is 32.1 Å². The Hall–Kier alpha value is -2.14. The summed E-state index contributed by atoms with van der Waals surface area (Å²) in [6.45, 7) is 4.10. The number of hydrogen-bond donors (Lipinski definition) is 2. The second-order valence-electron chi connectivity index (χ2n) is 7.17. The Morgan fingerprint density at radius 1 is 1.24 bits per heavy atom. The number of nitrogens with zero attached hydrogens (tertiary/aromatic N) is 2. The smallest absolute Gasteiger partial charge is 0.223 e. The van der Waals surface area contributed by atoms with Crippen molar-refractivity contribution in [1.29, 1.82) is 0 Å². The zero-order chi connectivity index (χ0) is 17.1. The third-order valence-corrected chi connectivity index (χ3v) is 5.49. The lowest BCUT2D eigenvalue weighted by Gasteiger charge is -2.22. The van der Waals surface area contributed by atoms with Gasteiger partial charge >= 0.3 is 0 Å². The van der Waals surface area contributed by atoms with Crippen LogP contribution in [0.3, 0.4) is 0 Å². The molecule has 0 saturated carbocycles. The van der Waals surface area contributed by atoms with Crippen molar-refractivity contribution in [3.05, 3.63) is 41.6 Å². The largest absolute Gasteiger partial charge is 0.355 e. The summed E-state index contributed by atoms with van der Waals surface area (Å²) in [5, 5.41) is 10.8. The van der Waals surface area contributed by atoms with Crippen LogP contribution in [-0.2, 0) is 17.6 Å². The zero-order valence-electron chi connectivity index (χ0n) is 14.6. The molecule has 4 rings (SSSR count). The van der Waals surface area contributed by atoms with Crippen molar-refractivity contribution >= 4 is 5.91 Å². The molecule has 1 unspecified atom stereocenters. The molecule has 2 aliphatic rings. The Balaban J connectivity index is 1.38. The van der Waals surface area contributed by atoms with Crippen LogP contribution >= 0.6 is 0 Å². The Kier molecular flexibility index (Phi) is 4.83. The number of carbonyl (C=O) groups excluding carboxylic acids is 1. The predicted molar refractivity (Wildman–Crippen MR) is 98.2 cm³/mol. The van der Waals surface area contributed by atoms with Gasteiger partial charge in [0.25, 0.3) is 0 Å². The summed E-state index contributed by atoms with van der Waals surface area (Å²) in [6, 6.07) is 10.2. The van der Waals surface area contributed by atoms with Gasteiger partial charge in [0, 0.05) is 35.8 Å². The molecule has 2 heterocycles. The molecule has 1 saturated heterocycles. The normalized spacial score (nSPS) is 20.4. The van der Waals surface area contributed by atoms with E-state index in [-0.39, 0.29) is 11.8 Å². The lowest BCUT2D eigenvalue weighted by molar-refractivity contribution is -0.125. The molecule has 1 amide bonds. The van der Waals surface area contributed by atoms with Crippen LogP contribution in [0.4, 0.5) is 0 Å². The van der Waals surface area contributed by atoms with Crippen LogP contribution in [0.1, 0.15) is 30.5 Å². The van der Waals surface area contributed by atoms with Gasteiger partial charge < -0.3 is 10.2 Å². The molecule has 1 aliphatic carbocycles. The van der Waals surface area contributed by atoms with Gasteiger partial charge in [0.1, 0.15) is 0 Å². The number of nitrogens with one attached hydrogen (secondary N) is 2. The molecule has 1 aliphatic heterocycles. The number of amides is 1. The van der Waals surface area contributed by atoms with E-state index in [9.17, 15) is 4.79 Å². The third kappa shape index (κ3) is 3.61. The molecule has 25 heavy (non-hydrogen) atoms. The van der Waals surface area contributed by atoms with E-state index in [2.05, 4.69) is 32.5 Å². The van der Waals surface area contributed by atoms with Gasteiger partial charge in [0.2, 0.25) is 5.91 Å². The van der Waals surface area contributed by atoms with E-state index in [0.717, 1.165) is 43.6 Å². The first-order valence-corrected chi connectivity index (χ1v) is 9.43. The second-order valence-corrected chi connectivity index (χ2v) is 7.17. The van der Waals surface area contributed by atoms with E-state index in [4.69, 9.17) is 0 Å². The molecule has 1 aromatic heterocycles. The topological polar surface area (TPSA) is 61.0 Å². The van der Waals surface area contributed by atoms with Crippen LogP contribution in [0, 0.1) is 5.92 Å². The lowest BCUT2D eigenvalue weighted by atomic mass is 9.85. The van der Waals surface area contributed by atoms with Gasteiger partial charge in [-0.1, -0.05) is 30.3 Å². The average Bonchev–Trinajstić information content (AvgIpc) is 3.31. The van der Waals surface area contributed by atoms with Crippen LogP contribution in [0.15, 0.2) is 30.3 Å². The fourth-order valence-electron chi connectivity index (χ4n) is 4.04. The summed E-state index contributed by atoms with van der Waals surface area (Å²) in [6.07, 6.45) is 5.17. The Morgan fingerprint density at radius 2 is 2.04 bits per heavy atom. The van der Waals surface area contributed by atoms with E-state index < -0.39 is 0 Å². The second kappa shape index (κ2) is 7.40. The lowest BCUT2D eigenvalue weighted by Crippen LogP contribution is -2.38. The maximum absolute atomic E-state index is 12.6. The highest BCUT2D eigenvalue weighted by Gasteiger charge is 2.28. The molecule has 5 heteroatoms. The molecule has 1 fully saturated rings. The van der Waals surface area contributed by atoms with E-state index in [1.54, 1.807) is 0 Å². The summed E-state index contributed by atoms with van der Waals surface area (Å²) in [4.78, 5) is 15.0. The highest BCUT2D eigenvalue weighted by molar-refractivity contribution is 5.80. The molecule has 0 spiro atoms. The number of hydrogen-bond acceptors (Lipinski definition) is 3. The summed E-state index contributed by atoms with van der Waals surface area (Å²) in [7, 11) is 0. The number of benzene rings is 1. The molecular weight excluding hydrogens is 312 g/mol. The van der Waals surface area contributed by atoms with Crippen molar-refractivity contribution in [2.75, 3.05) is 26.2 Å². The first-order valence-electron chi connectivity index (χ1n) is 9.43. The number of aromatic nitrogens is 2. The van der Waals surface area contributed by atoms with Crippen LogP contribution in [0.25, 0.3) is 11.3 Å². The van der Waals surface area contributed by atoms with Crippen LogP contribution in [0.2, 0.25) is 0 Å². The van der Waals surface area contributed by atoms with E-state index in [1.807, 2.05) is 18.2 Å². The average molecular weight is 338 g/mol. The van der Waals surface area contributed by atoms with Crippen LogP contribution < -0.4 is 5.32 Å². The van der Waals surface area contributed by atoms with Crippen molar-refractivity contribution < 1.29 is 4.79 Å². The first-order chi connectivity index (χ1) is 12.3. The molecule has 1 atom stereocenters. The van der Waals surface area contributed by atoms with Gasteiger partial charge in [-0.3, -0.25) is 9.89 Å². The SMILES string of the molecule is O=C(NCCN1CCCC1)C1CCc2[nH]nc(-c3ccccc3)c2C1. The minimum atomic E-state index is 0.0612. The first kappa shape index (κ1) is 16.3. The summed E-state index contributed by atoms with van der Waals surface area (Å²) in [5.74, 6) is 0.260. The molecule has 132 valence electrons. The van der Waals surface area contributed by atoms with Gasteiger partial charge in [0.15, 0.2) is 0 Å². The summed E-state index contributed by atoms with van der Waals surface area (Å²) < 4.78 is 0. The van der Waals surface area contributed by atoms with Gasteiger partial charge in [-0.25, -0.2) is 0 Å². The number of carbonyl (C=O) groups is 1. The van der Waals surface area contributed by atoms with Gasteiger partial charge in [-0.15, -0.1) is 0 Å². The maximum atomic E-state index is 12.6. The van der Waals surface area contributed by atoms with Gasteiger partial charge in [-0.05, 0) is 45.2 Å². The fraction of sp³-hybridized carbons (Fsp3) is 0.500. The van der Waals surface area contributed by atoms with Gasteiger partial charge in [0.05, 0.1) is 5.69 Å². The number of likely N-dealkylation sites (tertiary alicyclic amines) is 1. The van der Waals surface area contributed by atoms with Crippen molar-refractivity contribution in [1.82, 2.24) is 20.4 Å². The minimum Gasteiger partial charge on any atom is -0.355 e. The molecule has 0 radical (unpaired) electrons. The zero-order valence-corrected chi connectivity index (χ0v) is 14.6. The molecule has 5 nitrogen and oxygen atoms in total. The van der Waals surface area contributed by atoms with Gasteiger partial charge in [-0.2, -0.15) is 5.10 Å². The molecule has 2 aromatic rings. The number of H-pyrrole nitrogens is 1. The number of rotatable bonds is 5. The van der Waals surface area contributed by atoms with Crippen LogP contribution in [-0.4, -0.2) is 47.2 Å². The third-order valence-electron chi connectivity index (χ3n) is 5.49. The van der Waals surface area contributed by atoms with E-state index in [1.165, 1.54) is 37.2 Å². The Labute approximate surface area is 148 Å². The van der Waals surface area contributed by atoms with Crippen LogP contribution in [0.5, 0.6) is 0 Å². The Bertz CT molecular complexity index is 719. The molecular formula is C20H26N4O. The highest BCUT2D eigenvalue weighted by Crippen LogP contribution is 2.32. The van der Waals surface area contributed by atoms with Crippen molar-refractivity contribution in [3.63, 3.8) is 0 Å². The summed E-state index contributed by atoms with van der Waals surface area (Å²) >= 11 is 0. The molecule has 0 bridgehead atoms. The summed E-state index contributed by atoms with van der Waals surface area (Å²) in [5.41, 5.74) is 4.54. The fourth-order valence-corrected chi connectivity index (χ4v) is 4.04. The number of fused-ring (bicyclic) bond motifs is 1. The minimum absolute atomic E-state index is 0.0612. The Morgan fingerprint density at radius 3 is 2.84 bits per heavy atom. The number of aryl methyl sites for hydroxylation is 1. The number of aromatic amines is 1. The standard InChI is InChI=1S/C20H26N4O/c25-20(21-10-13-24-11-4-5-12-24)16-8-9-18-17(14-16)19(23-22-18)15-6-2-1-3-7-15/h1-3,6-7,16H,4-5,8-14H2,(H,21,25)(H,22,23). The van der Waals surface area contributed by atoms with E-state index >= 15 is 0 Å². The quantitative estimate of drug-likeness (QED) is 0.880. The molecule has 2 N–H and O–H groups in total. The van der Waals surface area contributed by atoms with E-state index in [0.29, 0.717) is 0 Å². The molecule has 1 aromatic carbocycles.